The number of halogens is 1. The molecule has 0 radical (unpaired) electrons. The van der Waals surface area contributed by atoms with Crippen molar-refractivity contribution in [1.82, 2.24) is 14.9 Å². The summed E-state index contributed by atoms with van der Waals surface area (Å²) < 4.78 is 1.66. The summed E-state index contributed by atoms with van der Waals surface area (Å²) >= 11 is 7.41. The van der Waals surface area contributed by atoms with Crippen molar-refractivity contribution in [3.63, 3.8) is 0 Å². The Kier molecular flexibility index (Phi) is 6.71. The van der Waals surface area contributed by atoms with Crippen molar-refractivity contribution < 1.29 is 4.79 Å². The van der Waals surface area contributed by atoms with E-state index in [1.165, 1.54) is 18.2 Å². The van der Waals surface area contributed by atoms with Gasteiger partial charge in [-0.3, -0.25) is 14.2 Å². The quantitative estimate of drug-likeness (QED) is 0.556. The third-order valence-electron chi connectivity index (χ3n) is 5.44. The van der Waals surface area contributed by atoms with Crippen molar-refractivity contribution in [2.75, 3.05) is 0 Å². The first-order valence-corrected chi connectivity index (χ1v) is 11.2. The van der Waals surface area contributed by atoms with Crippen LogP contribution in [0.25, 0.3) is 10.9 Å². The second kappa shape index (κ2) is 8.87. The molecule has 2 aromatic rings. The highest BCUT2D eigenvalue weighted by Gasteiger charge is 2.26. The van der Waals surface area contributed by atoms with Crippen molar-refractivity contribution in [1.29, 1.82) is 0 Å². The molecule has 1 N–H and O–H groups in total. The molecule has 1 aliphatic carbocycles. The maximum absolute atomic E-state index is 13.0. The van der Waals surface area contributed by atoms with Crippen LogP contribution in [0.1, 0.15) is 59.4 Å². The predicted octanol–water partition coefficient (Wildman–Crippen LogP) is 4.81. The molecule has 1 aromatic heterocycles. The standard InChI is InChI=1S/C21H28ClN3O2S/c1-12(2)25-20(27)16-10-9-15(22)11-18(16)24-21(25)28-14(4)19(26)23-17-8-6-5-7-13(17)3/h9-14,17H,5-8H2,1-4H3,(H,23,26)/t13-,14+,17-/m0/s1. The van der Waals surface area contributed by atoms with Crippen molar-refractivity contribution in [2.24, 2.45) is 5.92 Å². The highest BCUT2D eigenvalue weighted by Crippen LogP contribution is 2.28. The van der Waals surface area contributed by atoms with Gasteiger partial charge >= 0.3 is 0 Å². The number of amides is 1. The number of fused-ring (bicyclic) bond motifs is 1. The van der Waals surface area contributed by atoms with Gasteiger partial charge < -0.3 is 5.32 Å². The van der Waals surface area contributed by atoms with Gasteiger partial charge in [0.05, 0.1) is 16.2 Å². The lowest BCUT2D eigenvalue weighted by Gasteiger charge is -2.30. The van der Waals surface area contributed by atoms with Gasteiger partial charge in [0.2, 0.25) is 5.91 Å². The number of hydrogen-bond acceptors (Lipinski definition) is 4. The van der Waals surface area contributed by atoms with Crippen LogP contribution in [-0.2, 0) is 4.79 Å². The summed E-state index contributed by atoms with van der Waals surface area (Å²) in [7, 11) is 0. The molecule has 1 saturated carbocycles. The molecule has 3 atom stereocenters. The Morgan fingerprint density at radius 3 is 2.68 bits per heavy atom. The van der Waals surface area contributed by atoms with E-state index < -0.39 is 0 Å². The molecule has 0 bridgehead atoms. The molecule has 0 saturated heterocycles. The number of carbonyl (C=O) groups is 1. The number of rotatable bonds is 5. The van der Waals surface area contributed by atoms with E-state index in [0.717, 1.165) is 19.3 Å². The zero-order chi connectivity index (χ0) is 20.4. The fourth-order valence-corrected chi connectivity index (χ4v) is 4.95. The van der Waals surface area contributed by atoms with Crippen molar-refractivity contribution in [3.8, 4) is 0 Å². The van der Waals surface area contributed by atoms with E-state index in [4.69, 9.17) is 11.6 Å². The molecule has 0 aliphatic heterocycles. The van der Waals surface area contributed by atoms with E-state index >= 15 is 0 Å². The van der Waals surface area contributed by atoms with E-state index in [1.54, 1.807) is 22.8 Å². The third-order valence-corrected chi connectivity index (χ3v) is 6.74. The fourth-order valence-electron chi connectivity index (χ4n) is 3.73. The molecule has 3 rings (SSSR count). The van der Waals surface area contributed by atoms with Gasteiger partial charge in [-0.1, -0.05) is 43.1 Å². The maximum atomic E-state index is 13.0. The minimum atomic E-state index is -0.345. The molecule has 1 aromatic carbocycles. The first-order chi connectivity index (χ1) is 13.3. The lowest BCUT2D eigenvalue weighted by Crippen LogP contribution is -2.44. The second-order valence-electron chi connectivity index (χ2n) is 7.96. The van der Waals surface area contributed by atoms with E-state index in [0.29, 0.717) is 27.0 Å². The van der Waals surface area contributed by atoms with Gasteiger partial charge in [-0.15, -0.1) is 0 Å². The molecule has 1 aliphatic rings. The number of nitrogens with one attached hydrogen (secondary N) is 1. The van der Waals surface area contributed by atoms with Crippen LogP contribution in [0, 0.1) is 5.92 Å². The Labute approximate surface area is 175 Å². The molecule has 7 heteroatoms. The fraction of sp³-hybridized carbons (Fsp3) is 0.571. The van der Waals surface area contributed by atoms with Crippen LogP contribution in [-0.4, -0.2) is 26.8 Å². The number of aromatic nitrogens is 2. The van der Waals surface area contributed by atoms with Crippen LogP contribution < -0.4 is 10.9 Å². The van der Waals surface area contributed by atoms with Crippen LogP contribution in [0.2, 0.25) is 5.02 Å². The topological polar surface area (TPSA) is 64.0 Å². The SMILES string of the molecule is CC(C)n1c(S[C@H](C)C(=O)N[C@H]2CCCC[C@@H]2C)nc2cc(Cl)ccc2c1=O. The van der Waals surface area contributed by atoms with Gasteiger partial charge in [0.25, 0.3) is 5.56 Å². The molecular formula is C21H28ClN3O2S. The highest BCUT2D eigenvalue weighted by molar-refractivity contribution is 8.00. The molecule has 1 fully saturated rings. The lowest BCUT2D eigenvalue weighted by atomic mass is 9.86. The number of hydrogen-bond donors (Lipinski definition) is 1. The Balaban J connectivity index is 1.86. The van der Waals surface area contributed by atoms with E-state index in [-0.39, 0.29) is 28.8 Å². The van der Waals surface area contributed by atoms with Crippen LogP contribution >= 0.6 is 23.4 Å². The first kappa shape index (κ1) is 21.2. The minimum Gasteiger partial charge on any atom is -0.352 e. The Bertz CT molecular complexity index is 928. The maximum Gasteiger partial charge on any atom is 0.262 e. The van der Waals surface area contributed by atoms with Gasteiger partial charge in [0.15, 0.2) is 5.16 Å². The van der Waals surface area contributed by atoms with E-state index in [2.05, 4.69) is 17.2 Å². The Morgan fingerprint density at radius 2 is 2.00 bits per heavy atom. The summed E-state index contributed by atoms with van der Waals surface area (Å²) in [5.41, 5.74) is 0.457. The summed E-state index contributed by atoms with van der Waals surface area (Å²) in [5, 5.41) is 4.48. The summed E-state index contributed by atoms with van der Waals surface area (Å²) in [6.45, 7) is 7.96. The summed E-state index contributed by atoms with van der Waals surface area (Å²) in [6.07, 6.45) is 4.60. The minimum absolute atomic E-state index is 0.000467. The summed E-state index contributed by atoms with van der Waals surface area (Å²) in [5.74, 6) is 0.504. The summed E-state index contributed by atoms with van der Waals surface area (Å²) in [6, 6.07) is 5.28. The van der Waals surface area contributed by atoms with Gasteiger partial charge in [0.1, 0.15) is 0 Å². The van der Waals surface area contributed by atoms with Gasteiger partial charge in [-0.2, -0.15) is 0 Å². The average molecular weight is 422 g/mol. The smallest absolute Gasteiger partial charge is 0.262 e. The van der Waals surface area contributed by atoms with E-state index in [1.807, 2.05) is 20.8 Å². The van der Waals surface area contributed by atoms with Gasteiger partial charge in [0, 0.05) is 17.1 Å². The molecule has 5 nitrogen and oxygen atoms in total. The van der Waals surface area contributed by atoms with Gasteiger partial charge in [-0.25, -0.2) is 4.98 Å². The third kappa shape index (κ3) is 4.54. The van der Waals surface area contributed by atoms with Crippen LogP contribution in [0.5, 0.6) is 0 Å². The largest absolute Gasteiger partial charge is 0.352 e. The molecule has 1 heterocycles. The number of nitrogens with zero attached hydrogens (tertiary/aromatic N) is 2. The molecule has 1 amide bonds. The van der Waals surface area contributed by atoms with Crippen molar-refractivity contribution in [2.45, 2.75) is 75.9 Å². The number of carbonyl (C=O) groups excluding carboxylic acids is 1. The molecule has 0 unspecified atom stereocenters. The van der Waals surface area contributed by atoms with Crippen molar-refractivity contribution >= 4 is 40.2 Å². The zero-order valence-electron chi connectivity index (χ0n) is 16.9. The Hall–Kier alpha value is -1.53. The predicted molar refractivity (Wildman–Crippen MR) is 116 cm³/mol. The van der Waals surface area contributed by atoms with Crippen molar-refractivity contribution in [3.05, 3.63) is 33.6 Å². The second-order valence-corrected chi connectivity index (χ2v) is 9.71. The average Bonchev–Trinajstić information content (AvgIpc) is 2.63. The number of benzene rings is 1. The van der Waals surface area contributed by atoms with Crippen LogP contribution in [0.4, 0.5) is 0 Å². The van der Waals surface area contributed by atoms with E-state index in [9.17, 15) is 9.59 Å². The summed E-state index contributed by atoms with van der Waals surface area (Å²) in [4.78, 5) is 30.4. The zero-order valence-corrected chi connectivity index (χ0v) is 18.4. The van der Waals surface area contributed by atoms with Crippen LogP contribution in [0.3, 0.4) is 0 Å². The molecule has 28 heavy (non-hydrogen) atoms. The molecule has 0 spiro atoms. The number of thioether (sulfide) groups is 1. The lowest BCUT2D eigenvalue weighted by molar-refractivity contribution is -0.121. The molecule has 152 valence electrons. The molecular weight excluding hydrogens is 394 g/mol. The Morgan fingerprint density at radius 1 is 1.29 bits per heavy atom. The highest BCUT2D eigenvalue weighted by atomic mass is 35.5. The first-order valence-electron chi connectivity index (χ1n) is 9.96. The van der Waals surface area contributed by atoms with Crippen LogP contribution in [0.15, 0.2) is 28.2 Å². The monoisotopic (exact) mass is 421 g/mol. The normalized spacial score (nSPS) is 21.1. The van der Waals surface area contributed by atoms with Gasteiger partial charge in [-0.05, 0) is 57.7 Å².